The lowest BCUT2D eigenvalue weighted by molar-refractivity contribution is -0.125. The van der Waals surface area contributed by atoms with Crippen LogP contribution in [0.2, 0.25) is 0 Å². The lowest BCUT2D eigenvalue weighted by atomic mass is 10.1. The maximum absolute atomic E-state index is 12.9. The summed E-state index contributed by atoms with van der Waals surface area (Å²) >= 11 is 0. The minimum absolute atomic E-state index is 0.0368. The van der Waals surface area contributed by atoms with Crippen LogP contribution in [0.15, 0.2) is 18.2 Å². The molecule has 1 unspecified atom stereocenters. The van der Waals surface area contributed by atoms with E-state index in [9.17, 15) is 19.2 Å². The number of carbonyl (C=O) groups excluding carboxylic acids is 4. The Labute approximate surface area is 206 Å². The van der Waals surface area contributed by atoms with Gasteiger partial charge in [0.1, 0.15) is 5.60 Å². The number of hydrogen-bond acceptors (Lipinski definition) is 7. The number of hydrogen-bond donors (Lipinski definition) is 2. The van der Waals surface area contributed by atoms with Crippen LogP contribution in [0.5, 0.6) is 0 Å². The highest BCUT2D eigenvalue weighted by molar-refractivity contribution is 6.00. The van der Waals surface area contributed by atoms with Gasteiger partial charge in [-0.15, -0.1) is 0 Å². The first-order chi connectivity index (χ1) is 16.6. The van der Waals surface area contributed by atoms with Crippen LogP contribution < -0.4 is 10.6 Å². The van der Waals surface area contributed by atoms with E-state index in [0.29, 0.717) is 38.0 Å². The maximum Gasteiger partial charge on any atom is 0.410 e. The molecule has 1 saturated heterocycles. The fourth-order valence-electron chi connectivity index (χ4n) is 4.34. The molecule has 0 aliphatic carbocycles. The van der Waals surface area contributed by atoms with Crippen LogP contribution in [0.3, 0.4) is 0 Å². The smallest absolute Gasteiger partial charge is 0.410 e. The van der Waals surface area contributed by atoms with Gasteiger partial charge in [0.25, 0.3) is 5.91 Å². The van der Waals surface area contributed by atoms with Gasteiger partial charge in [-0.05, 0) is 46.2 Å². The summed E-state index contributed by atoms with van der Waals surface area (Å²) in [6, 6.07) is 5.58. The molecule has 2 aliphatic heterocycles. The van der Waals surface area contributed by atoms with Crippen LogP contribution in [0, 0.1) is 0 Å². The number of carbonyl (C=O) groups is 4. The molecule has 2 heterocycles. The van der Waals surface area contributed by atoms with E-state index in [2.05, 4.69) is 15.5 Å². The Balaban J connectivity index is 1.47. The maximum atomic E-state index is 12.9. The minimum atomic E-state index is -0.492. The van der Waals surface area contributed by atoms with Crippen LogP contribution in [0.4, 0.5) is 10.5 Å². The molecule has 0 spiro atoms. The summed E-state index contributed by atoms with van der Waals surface area (Å²) in [5.74, 6) is -0.379. The second-order valence-corrected chi connectivity index (χ2v) is 10.1. The topological polar surface area (TPSA) is 111 Å². The molecule has 4 amide bonds. The van der Waals surface area contributed by atoms with Crippen LogP contribution in [-0.4, -0.2) is 89.9 Å². The fraction of sp³-hybridized carbons (Fsp3) is 0.600. The van der Waals surface area contributed by atoms with Crippen molar-refractivity contribution < 1.29 is 23.9 Å². The summed E-state index contributed by atoms with van der Waals surface area (Å²) in [5, 5.41) is 5.61. The Morgan fingerprint density at radius 1 is 1.17 bits per heavy atom. The van der Waals surface area contributed by atoms with Crippen LogP contribution >= 0.6 is 0 Å². The molecule has 35 heavy (non-hydrogen) atoms. The molecule has 0 saturated carbocycles. The monoisotopic (exact) mass is 487 g/mol. The van der Waals surface area contributed by atoms with Crippen molar-refractivity contribution in [2.75, 3.05) is 44.6 Å². The van der Waals surface area contributed by atoms with E-state index in [4.69, 9.17) is 4.74 Å². The van der Waals surface area contributed by atoms with Crippen LogP contribution in [0.1, 0.15) is 56.5 Å². The fourth-order valence-corrected chi connectivity index (χ4v) is 4.34. The summed E-state index contributed by atoms with van der Waals surface area (Å²) in [5.41, 5.74) is 2.10. The zero-order chi connectivity index (χ0) is 25.6. The highest BCUT2D eigenvalue weighted by Gasteiger charge is 2.32. The first-order valence-electron chi connectivity index (χ1n) is 12.2. The number of ether oxygens (including phenoxy) is 1. The van der Waals surface area contributed by atoms with Crippen LogP contribution in [-0.2, 0) is 20.9 Å². The number of anilines is 1. The molecular formula is C25H37N5O5. The number of amides is 4. The molecule has 1 aromatic rings. The summed E-state index contributed by atoms with van der Waals surface area (Å²) in [4.78, 5) is 53.0. The Hall–Kier alpha value is -3.14. The highest BCUT2D eigenvalue weighted by Crippen LogP contribution is 2.31. The van der Waals surface area contributed by atoms with Gasteiger partial charge < -0.3 is 19.9 Å². The molecule has 1 aromatic carbocycles. The molecular weight excluding hydrogens is 450 g/mol. The molecule has 0 aromatic heterocycles. The van der Waals surface area contributed by atoms with E-state index in [1.54, 1.807) is 9.80 Å². The summed E-state index contributed by atoms with van der Waals surface area (Å²) in [6.45, 7) is 12.4. The molecule has 3 rings (SSSR count). The van der Waals surface area contributed by atoms with E-state index >= 15 is 0 Å². The third kappa shape index (κ3) is 7.17. The number of nitrogens with one attached hydrogen (secondary N) is 2. The third-order valence-electron chi connectivity index (χ3n) is 6.30. The molecule has 192 valence electrons. The van der Waals surface area contributed by atoms with Gasteiger partial charge in [0.2, 0.25) is 12.3 Å². The van der Waals surface area contributed by atoms with Crippen molar-refractivity contribution in [1.82, 2.24) is 20.0 Å². The lowest BCUT2D eigenvalue weighted by Gasteiger charge is -2.35. The van der Waals surface area contributed by atoms with Crippen molar-refractivity contribution in [2.45, 2.75) is 58.7 Å². The third-order valence-corrected chi connectivity index (χ3v) is 6.30. The standard InChI is InChI=1S/C25H37N5O5/c1-18(8-9-22(32)27-17-31)30-16-20-19(23(30)33)6-5-7-21(20)26-10-11-28-12-14-29(15-13-28)24(34)35-25(2,3)4/h5-7,17-18,26H,8-16H2,1-4H3,(H,27,31,32). The van der Waals surface area contributed by atoms with Gasteiger partial charge in [0.05, 0.1) is 0 Å². The summed E-state index contributed by atoms with van der Waals surface area (Å²) < 4.78 is 5.46. The van der Waals surface area contributed by atoms with Gasteiger partial charge in [0, 0.05) is 75.1 Å². The number of rotatable bonds is 9. The van der Waals surface area contributed by atoms with Crippen molar-refractivity contribution in [2.24, 2.45) is 0 Å². The van der Waals surface area contributed by atoms with Crippen molar-refractivity contribution in [3.05, 3.63) is 29.3 Å². The van der Waals surface area contributed by atoms with E-state index in [0.717, 1.165) is 37.4 Å². The van der Waals surface area contributed by atoms with Gasteiger partial charge in [0.15, 0.2) is 0 Å². The summed E-state index contributed by atoms with van der Waals surface area (Å²) in [6.07, 6.45) is 0.787. The predicted molar refractivity (Wildman–Crippen MR) is 132 cm³/mol. The first-order valence-corrected chi connectivity index (χ1v) is 12.2. The van der Waals surface area contributed by atoms with Gasteiger partial charge in [-0.25, -0.2) is 4.79 Å². The quantitative estimate of drug-likeness (QED) is 0.513. The number of benzene rings is 1. The SMILES string of the molecule is CC(CCC(=O)NC=O)N1Cc2c(NCCN3CCN(C(=O)OC(C)(C)C)CC3)cccc2C1=O. The van der Waals surface area contributed by atoms with Crippen molar-refractivity contribution in [3.8, 4) is 0 Å². The second kappa shape index (κ2) is 11.5. The van der Waals surface area contributed by atoms with E-state index in [1.165, 1.54) is 0 Å². The Morgan fingerprint density at radius 3 is 2.54 bits per heavy atom. The molecule has 0 bridgehead atoms. The number of fused-ring (bicyclic) bond motifs is 1. The Morgan fingerprint density at radius 2 is 1.89 bits per heavy atom. The first kappa shape index (κ1) is 26.5. The molecule has 1 fully saturated rings. The van der Waals surface area contributed by atoms with E-state index < -0.39 is 5.60 Å². The molecule has 2 N–H and O–H groups in total. The molecule has 10 heteroatoms. The molecule has 0 radical (unpaired) electrons. The predicted octanol–water partition coefficient (Wildman–Crippen LogP) is 2.05. The Kier molecular flexibility index (Phi) is 8.71. The van der Waals surface area contributed by atoms with E-state index in [-0.39, 0.29) is 30.4 Å². The largest absolute Gasteiger partial charge is 0.444 e. The normalized spacial score (nSPS) is 17.1. The summed E-state index contributed by atoms with van der Waals surface area (Å²) in [7, 11) is 0. The number of nitrogens with zero attached hydrogens (tertiary/aromatic N) is 3. The molecule has 1 atom stereocenters. The minimum Gasteiger partial charge on any atom is -0.444 e. The van der Waals surface area contributed by atoms with Gasteiger partial charge in [-0.2, -0.15) is 0 Å². The molecule has 2 aliphatic rings. The average Bonchev–Trinajstić information content (AvgIpc) is 3.14. The van der Waals surface area contributed by atoms with Gasteiger partial charge in [-0.1, -0.05) is 6.07 Å². The number of imide groups is 1. The zero-order valence-electron chi connectivity index (χ0n) is 21.1. The second-order valence-electron chi connectivity index (χ2n) is 10.1. The lowest BCUT2D eigenvalue weighted by Crippen LogP contribution is -2.50. The van der Waals surface area contributed by atoms with Crippen molar-refractivity contribution >= 4 is 30.0 Å². The molecule has 10 nitrogen and oxygen atoms in total. The van der Waals surface area contributed by atoms with Gasteiger partial charge >= 0.3 is 6.09 Å². The van der Waals surface area contributed by atoms with Crippen molar-refractivity contribution in [3.63, 3.8) is 0 Å². The zero-order valence-corrected chi connectivity index (χ0v) is 21.1. The van der Waals surface area contributed by atoms with E-state index in [1.807, 2.05) is 45.9 Å². The average molecular weight is 488 g/mol. The van der Waals surface area contributed by atoms with Gasteiger partial charge in [-0.3, -0.25) is 24.6 Å². The highest BCUT2D eigenvalue weighted by atomic mass is 16.6. The number of piperazine rings is 1. The van der Waals surface area contributed by atoms with Crippen molar-refractivity contribution in [1.29, 1.82) is 0 Å². The van der Waals surface area contributed by atoms with Crippen LogP contribution in [0.25, 0.3) is 0 Å². The Bertz CT molecular complexity index is 937.